The van der Waals surface area contributed by atoms with Gasteiger partial charge in [0.05, 0.1) is 12.7 Å². The summed E-state index contributed by atoms with van der Waals surface area (Å²) in [6.45, 7) is 6.24. The van der Waals surface area contributed by atoms with Crippen molar-refractivity contribution in [2.45, 2.75) is 38.9 Å². The Bertz CT molecular complexity index is 435. The lowest BCUT2D eigenvalue weighted by Crippen LogP contribution is -2.49. The van der Waals surface area contributed by atoms with Crippen LogP contribution in [-0.2, 0) is 20.7 Å². The highest BCUT2D eigenvalue weighted by Crippen LogP contribution is 2.14. The van der Waals surface area contributed by atoms with E-state index in [0.29, 0.717) is 26.3 Å². The molecule has 4 heteroatoms. The fourth-order valence-electron chi connectivity index (χ4n) is 2.64. The second-order valence-electron chi connectivity index (χ2n) is 5.40. The van der Waals surface area contributed by atoms with Gasteiger partial charge in [0, 0.05) is 19.7 Å². The lowest BCUT2D eigenvalue weighted by molar-refractivity contribution is -0.149. The van der Waals surface area contributed by atoms with Gasteiger partial charge < -0.3 is 14.4 Å². The predicted octanol–water partition coefficient (Wildman–Crippen LogP) is 2.27. The molecule has 0 bridgehead atoms. The molecule has 2 rings (SSSR count). The Morgan fingerprint density at radius 2 is 2.19 bits per heavy atom. The molecule has 1 saturated heterocycles. The summed E-state index contributed by atoms with van der Waals surface area (Å²) < 4.78 is 11.2. The minimum absolute atomic E-state index is 0.0739. The van der Waals surface area contributed by atoms with Crippen LogP contribution in [0.2, 0.25) is 0 Å². The molecule has 0 radical (unpaired) electrons. The van der Waals surface area contributed by atoms with Gasteiger partial charge in [-0.2, -0.15) is 0 Å². The number of amides is 1. The summed E-state index contributed by atoms with van der Waals surface area (Å²) in [7, 11) is 0. The minimum atomic E-state index is -0.358. The smallest absolute Gasteiger partial charge is 0.251 e. The first kappa shape index (κ1) is 16.0. The zero-order chi connectivity index (χ0) is 15.1. The number of morpholine rings is 1. The average molecular weight is 291 g/mol. The van der Waals surface area contributed by atoms with Crippen LogP contribution < -0.4 is 0 Å². The Kier molecular flexibility index (Phi) is 6.21. The SMILES string of the molecule is CCO[C@@H](C)C(=O)N1CCO[C@H](CCc2ccccc2)C1. The number of ether oxygens (including phenoxy) is 2. The third kappa shape index (κ3) is 4.83. The van der Waals surface area contributed by atoms with E-state index in [1.54, 1.807) is 0 Å². The molecule has 1 aliphatic rings. The molecule has 2 atom stereocenters. The fraction of sp³-hybridized carbons (Fsp3) is 0.588. The second-order valence-corrected chi connectivity index (χ2v) is 5.40. The first-order valence-corrected chi connectivity index (χ1v) is 7.76. The molecule has 0 spiro atoms. The van der Waals surface area contributed by atoms with E-state index in [2.05, 4.69) is 24.3 Å². The fourth-order valence-corrected chi connectivity index (χ4v) is 2.64. The number of hydrogen-bond acceptors (Lipinski definition) is 3. The Balaban J connectivity index is 1.82. The number of benzene rings is 1. The maximum Gasteiger partial charge on any atom is 0.251 e. The van der Waals surface area contributed by atoms with E-state index in [4.69, 9.17) is 9.47 Å². The lowest BCUT2D eigenvalue weighted by Gasteiger charge is -2.34. The van der Waals surface area contributed by atoms with Crippen molar-refractivity contribution in [1.82, 2.24) is 4.90 Å². The molecule has 21 heavy (non-hydrogen) atoms. The van der Waals surface area contributed by atoms with Crippen molar-refractivity contribution in [3.05, 3.63) is 35.9 Å². The van der Waals surface area contributed by atoms with Crippen molar-refractivity contribution in [3.63, 3.8) is 0 Å². The normalized spacial score (nSPS) is 20.3. The van der Waals surface area contributed by atoms with Gasteiger partial charge in [-0.15, -0.1) is 0 Å². The minimum Gasteiger partial charge on any atom is -0.375 e. The van der Waals surface area contributed by atoms with E-state index in [9.17, 15) is 4.79 Å². The number of rotatable bonds is 6. The quantitative estimate of drug-likeness (QED) is 0.807. The predicted molar refractivity (Wildman–Crippen MR) is 82.2 cm³/mol. The maximum atomic E-state index is 12.3. The van der Waals surface area contributed by atoms with Crippen LogP contribution in [0.1, 0.15) is 25.8 Å². The van der Waals surface area contributed by atoms with Crippen molar-refractivity contribution in [1.29, 1.82) is 0 Å². The van der Waals surface area contributed by atoms with Crippen LogP contribution in [0.4, 0.5) is 0 Å². The molecular weight excluding hydrogens is 266 g/mol. The van der Waals surface area contributed by atoms with E-state index in [1.165, 1.54) is 5.56 Å². The van der Waals surface area contributed by atoms with Gasteiger partial charge in [-0.1, -0.05) is 30.3 Å². The van der Waals surface area contributed by atoms with E-state index in [1.807, 2.05) is 24.8 Å². The largest absolute Gasteiger partial charge is 0.375 e. The van der Waals surface area contributed by atoms with Gasteiger partial charge >= 0.3 is 0 Å². The molecule has 1 aromatic carbocycles. The van der Waals surface area contributed by atoms with Crippen LogP contribution in [0, 0.1) is 0 Å². The molecule has 0 aromatic heterocycles. The van der Waals surface area contributed by atoms with E-state index in [0.717, 1.165) is 12.8 Å². The van der Waals surface area contributed by atoms with Gasteiger partial charge in [-0.25, -0.2) is 0 Å². The Labute approximate surface area is 127 Å². The Hall–Kier alpha value is -1.39. The first-order valence-electron chi connectivity index (χ1n) is 7.76. The molecule has 1 aliphatic heterocycles. The molecule has 0 unspecified atom stereocenters. The number of carbonyl (C=O) groups is 1. The highest BCUT2D eigenvalue weighted by atomic mass is 16.5. The van der Waals surface area contributed by atoms with Crippen LogP contribution in [-0.4, -0.2) is 49.3 Å². The Morgan fingerprint density at radius 3 is 2.90 bits per heavy atom. The van der Waals surface area contributed by atoms with Crippen LogP contribution >= 0.6 is 0 Å². The van der Waals surface area contributed by atoms with Crippen molar-refractivity contribution in [3.8, 4) is 0 Å². The molecule has 1 aromatic rings. The molecular formula is C17H25NO3. The summed E-state index contributed by atoms with van der Waals surface area (Å²) in [4.78, 5) is 14.1. The summed E-state index contributed by atoms with van der Waals surface area (Å²) in [5.74, 6) is 0.0739. The van der Waals surface area contributed by atoms with E-state index < -0.39 is 0 Å². The maximum absolute atomic E-state index is 12.3. The van der Waals surface area contributed by atoms with Crippen molar-refractivity contribution < 1.29 is 14.3 Å². The Morgan fingerprint density at radius 1 is 1.43 bits per heavy atom. The number of hydrogen-bond donors (Lipinski definition) is 0. The summed E-state index contributed by atoms with van der Waals surface area (Å²) >= 11 is 0. The summed E-state index contributed by atoms with van der Waals surface area (Å²) in [5.41, 5.74) is 1.31. The second kappa shape index (κ2) is 8.15. The topological polar surface area (TPSA) is 38.8 Å². The molecule has 0 N–H and O–H groups in total. The standard InChI is InChI=1S/C17H25NO3/c1-3-20-14(2)17(19)18-11-12-21-16(13-18)10-9-15-7-5-4-6-8-15/h4-8,14,16H,3,9-13H2,1-2H3/t14-,16+/m0/s1. The zero-order valence-corrected chi connectivity index (χ0v) is 13.0. The van der Waals surface area contributed by atoms with Crippen molar-refractivity contribution in [2.75, 3.05) is 26.3 Å². The van der Waals surface area contributed by atoms with E-state index in [-0.39, 0.29) is 18.1 Å². The third-order valence-electron chi connectivity index (χ3n) is 3.81. The molecule has 0 aliphatic carbocycles. The van der Waals surface area contributed by atoms with Crippen molar-refractivity contribution in [2.24, 2.45) is 0 Å². The lowest BCUT2D eigenvalue weighted by atomic mass is 10.1. The number of aryl methyl sites for hydroxylation is 1. The van der Waals surface area contributed by atoms with Crippen LogP contribution in [0.25, 0.3) is 0 Å². The zero-order valence-electron chi connectivity index (χ0n) is 13.0. The average Bonchev–Trinajstić information content (AvgIpc) is 2.54. The first-order chi connectivity index (χ1) is 10.2. The van der Waals surface area contributed by atoms with Crippen LogP contribution in [0.5, 0.6) is 0 Å². The third-order valence-corrected chi connectivity index (χ3v) is 3.81. The molecule has 1 amide bonds. The van der Waals surface area contributed by atoms with Gasteiger partial charge in [0.1, 0.15) is 6.10 Å². The van der Waals surface area contributed by atoms with Gasteiger partial charge in [-0.05, 0) is 32.3 Å². The van der Waals surface area contributed by atoms with Gasteiger partial charge in [-0.3, -0.25) is 4.79 Å². The molecule has 1 fully saturated rings. The van der Waals surface area contributed by atoms with E-state index >= 15 is 0 Å². The number of nitrogens with zero attached hydrogens (tertiary/aromatic N) is 1. The van der Waals surface area contributed by atoms with Crippen molar-refractivity contribution >= 4 is 5.91 Å². The summed E-state index contributed by atoms with van der Waals surface area (Å²) in [6, 6.07) is 10.4. The highest BCUT2D eigenvalue weighted by Gasteiger charge is 2.27. The van der Waals surface area contributed by atoms with Gasteiger partial charge in [0.25, 0.3) is 5.91 Å². The summed E-state index contributed by atoms with van der Waals surface area (Å²) in [6.07, 6.45) is 1.69. The highest BCUT2D eigenvalue weighted by molar-refractivity contribution is 5.80. The molecule has 1 heterocycles. The molecule has 116 valence electrons. The van der Waals surface area contributed by atoms with Crippen LogP contribution in [0.3, 0.4) is 0 Å². The van der Waals surface area contributed by atoms with Gasteiger partial charge in [0.2, 0.25) is 0 Å². The molecule has 0 saturated carbocycles. The monoisotopic (exact) mass is 291 g/mol. The molecule has 4 nitrogen and oxygen atoms in total. The number of carbonyl (C=O) groups excluding carboxylic acids is 1. The van der Waals surface area contributed by atoms with Gasteiger partial charge in [0.15, 0.2) is 0 Å². The summed E-state index contributed by atoms with van der Waals surface area (Å²) in [5, 5.41) is 0. The van der Waals surface area contributed by atoms with Crippen LogP contribution in [0.15, 0.2) is 30.3 Å².